The van der Waals surface area contributed by atoms with Crippen LogP contribution in [0.25, 0.3) is 0 Å². The van der Waals surface area contributed by atoms with Crippen LogP contribution in [0.15, 0.2) is 91.0 Å². The predicted octanol–water partition coefficient (Wildman–Crippen LogP) is 6.07. The number of rotatable bonds is 9. The Balaban J connectivity index is 1.62. The molecular weight excluding hydrogens is 326 g/mol. The van der Waals surface area contributed by atoms with Gasteiger partial charge in [0.05, 0.1) is 0 Å². The fraction of sp³-hybridized carbons (Fsp3) is 0.308. The van der Waals surface area contributed by atoms with Gasteiger partial charge in [-0.2, -0.15) is 0 Å². The summed E-state index contributed by atoms with van der Waals surface area (Å²) in [7, 11) is 0. The molecule has 0 fully saturated rings. The maximum Gasteiger partial charge on any atom is 0.0130 e. The van der Waals surface area contributed by atoms with E-state index >= 15 is 0 Å². The molecule has 0 spiro atoms. The minimum atomic E-state index is 0.407. The van der Waals surface area contributed by atoms with Crippen LogP contribution in [0.5, 0.6) is 0 Å². The van der Waals surface area contributed by atoms with E-state index in [0.29, 0.717) is 17.9 Å². The molecule has 0 heterocycles. The first-order chi connectivity index (χ1) is 13.3. The third-order valence-electron chi connectivity index (χ3n) is 5.58. The van der Waals surface area contributed by atoms with Gasteiger partial charge in [0, 0.05) is 12.0 Å². The monoisotopic (exact) mass is 357 g/mol. The zero-order valence-corrected chi connectivity index (χ0v) is 16.5. The van der Waals surface area contributed by atoms with Gasteiger partial charge in [0.2, 0.25) is 0 Å². The van der Waals surface area contributed by atoms with Gasteiger partial charge in [-0.15, -0.1) is 0 Å². The third-order valence-corrected chi connectivity index (χ3v) is 5.58. The number of hydrogen-bond donors (Lipinski definition) is 1. The highest BCUT2D eigenvalue weighted by molar-refractivity contribution is 5.33. The number of nitrogens with one attached hydrogen (secondary N) is 1. The molecule has 3 aromatic rings. The second-order valence-corrected chi connectivity index (χ2v) is 7.49. The van der Waals surface area contributed by atoms with E-state index in [9.17, 15) is 0 Å². The van der Waals surface area contributed by atoms with E-state index in [4.69, 9.17) is 0 Å². The Morgan fingerprint density at radius 3 is 1.67 bits per heavy atom. The Kier molecular flexibility index (Phi) is 7.24. The van der Waals surface area contributed by atoms with Crippen LogP contribution < -0.4 is 5.32 Å². The van der Waals surface area contributed by atoms with E-state index in [0.717, 1.165) is 13.0 Å². The van der Waals surface area contributed by atoms with E-state index in [1.807, 2.05) is 0 Å². The molecule has 0 aliphatic carbocycles. The van der Waals surface area contributed by atoms with Crippen LogP contribution in [0.3, 0.4) is 0 Å². The first-order valence-corrected chi connectivity index (χ1v) is 10.1. The van der Waals surface area contributed by atoms with Crippen LogP contribution in [0.1, 0.15) is 42.9 Å². The van der Waals surface area contributed by atoms with E-state index in [2.05, 4.69) is 110 Å². The molecule has 2 atom stereocenters. The van der Waals surface area contributed by atoms with Crippen LogP contribution in [-0.4, -0.2) is 12.6 Å². The highest BCUT2D eigenvalue weighted by Crippen LogP contribution is 2.33. The molecule has 3 rings (SSSR count). The molecule has 0 radical (unpaired) electrons. The quantitative estimate of drug-likeness (QED) is 0.459. The summed E-state index contributed by atoms with van der Waals surface area (Å²) in [6.45, 7) is 5.75. The molecule has 0 amide bonds. The van der Waals surface area contributed by atoms with Gasteiger partial charge in [0.25, 0.3) is 0 Å². The van der Waals surface area contributed by atoms with Crippen LogP contribution >= 0.6 is 0 Å². The molecule has 0 aromatic heterocycles. The summed E-state index contributed by atoms with van der Waals surface area (Å²) in [6.07, 6.45) is 2.30. The lowest BCUT2D eigenvalue weighted by molar-refractivity contribution is 0.366. The molecule has 1 nitrogen and oxygen atoms in total. The standard InChI is InChI=1S/C26H31N/c1-21(22(2)27-20-12-15-23-13-6-3-7-14-23)26(24-16-8-4-9-17-24)25-18-10-5-11-19-25/h3-11,13-14,16-19,21-22,26-27H,12,15,20H2,1-2H3. The molecule has 1 N–H and O–H groups in total. The summed E-state index contributed by atoms with van der Waals surface area (Å²) in [6, 6.07) is 33.0. The summed E-state index contributed by atoms with van der Waals surface area (Å²) in [5.41, 5.74) is 4.22. The summed E-state index contributed by atoms with van der Waals surface area (Å²) in [4.78, 5) is 0. The maximum absolute atomic E-state index is 3.77. The molecule has 3 aromatic carbocycles. The maximum atomic E-state index is 3.77. The van der Waals surface area contributed by atoms with Crippen molar-refractivity contribution in [2.75, 3.05) is 6.54 Å². The molecule has 140 valence electrons. The summed E-state index contributed by atoms with van der Waals surface area (Å²) in [5, 5.41) is 3.77. The van der Waals surface area contributed by atoms with Gasteiger partial charge in [-0.1, -0.05) is 97.9 Å². The minimum absolute atomic E-state index is 0.407. The fourth-order valence-corrected chi connectivity index (χ4v) is 3.86. The molecule has 27 heavy (non-hydrogen) atoms. The summed E-state index contributed by atoms with van der Waals surface area (Å²) < 4.78 is 0. The Labute approximate surface area is 164 Å². The van der Waals surface area contributed by atoms with E-state index < -0.39 is 0 Å². The fourth-order valence-electron chi connectivity index (χ4n) is 3.86. The van der Waals surface area contributed by atoms with Crippen LogP contribution in [0, 0.1) is 5.92 Å². The molecular formula is C26H31N. The van der Waals surface area contributed by atoms with Gasteiger partial charge < -0.3 is 5.32 Å². The SMILES string of the molecule is CC(NCCCc1ccccc1)C(C)C(c1ccccc1)c1ccccc1. The van der Waals surface area contributed by atoms with Gasteiger partial charge >= 0.3 is 0 Å². The van der Waals surface area contributed by atoms with Gasteiger partial charge in [-0.25, -0.2) is 0 Å². The number of hydrogen-bond acceptors (Lipinski definition) is 1. The zero-order valence-electron chi connectivity index (χ0n) is 16.5. The summed E-state index contributed by atoms with van der Waals surface area (Å²) in [5.74, 6) is 0.913. The van der Waals surface area contributed by atoms with Crippen LogP contribution in [0.4, 0.5) is 0 Å². The van der Waals surface area contributed by atoms with Crippen molar-refractivity contribution in [3.05, 3.63) is 108 Å². The second-order valence-electron chi connectivity index (χ2n) is 7.49. The smallest absolute Gasteiger partial charge is 0.0130 e. The average molecular weight is 358 g/mol. The van der Waals surface area contributed by atoms with E-state index in [1.54, 1.807) is 0 Å². The predicted molar refractivity (Wildman–Crippen MR) is 116 cm³/mol. The molecule has 2 unspecified atom stereocenters. The lowest BCUT2D eigenvalue weighted by atomic mass is 9.78. The highest BCUT2D eigenvalue weighted by Gasteiger charge is 2.25. The van der Waals surface area contributed by atoms with Crippen molar-refractivity contribution in [3.63, 3.8) is 0 Å². The van der Waals surface area contributed by atoms with Crippen LogP contribution in [0.2, 0.25) is 0 Å². The molecule has 0 aliphatic heterocycles. The molecule has 1 heteroatoms. The lowest BCUT2D eigenvalue weighted by Crippen LogP contribution is -2.36. The summed E-state index contributed by atoms with van der Waals surface area (Å²) >= 11 is 0. The average Bonchev–Trinajstić information content (AvgIpc) is 2.73. The van der Waals surface area contributed by atoms with E-state index in [1.165, 1.54) is 23.1 Å². The highest BCUT2D eigenvalue weighted by atomic mass is 14.9. The first-order valence-electron chi connectivity index (χ1n) is 10.1. The Bertz CT molecular complexity index is 728. The lowest BCUT2D eigenvalue weighted by Gasteiger charge is -2.30. The van der Waals surface area contributed by atoms with Crippen molar-refractivity contribution in [2.24, 2.45) is 5.92 Å². The topological polar surface area (TPSA) is 12.0 Å². The number of aryl methyl sites for hydroxylation is 1. The Hall–Kier alpha value is -2.38. The van der Waals surface area contributed by atoms with Crippen LogP contribution in [-0.2, 0) is 6.42 Å². The Morgan fingerprint density at radius 2 is 1.15 bits per heavy atom. The first kappa shape index (κ1) is 19.4. The molecule has 0 bridgehead atoms. The van der Waals surface area contributed by atoms with Crippen molar-refractivity contribution >= 4 is 0 Å². The van der Waals surface area contributed by atoms with Crippen molar-refractivity contribution < 1.29 is 0 Å². The molecule has 0 saturated heterocycles. The van der Waals surface area contributed by atoms with Gasteiger partial charge in [0.1, 0.15) is 0 Å². The zero-order chi connectivity index (χ0) is 18.9. The molecule has 0 aliphatic rings. The van der Waals surface area contributed by atoms with Gasteiger partial charge in [0.15, 0.2) is 0 Å². The minimum Gasteiger partial charge on any atom is -0.314 e. The van der Waals surface area contributed by atoms with Crippen molar-refractivity contribution in [1.82, 2.24) is 5.32 Å². The Morgan fingerprint density at radius 1 is 0.667 bits per heavy atom. The molecule has 0 saturated carbocycles. The largest absolute Gasteiger partial charge is 0.314 e. The third kappa shape index (κ3) is 5.55. The second kappa shape index (κ2) is 10.1. The van der Waals surface area contributed by atoms with Gasteiger partial charge in [-0.05, 0) is 48.9 Å². The van der Waals surface area contributed by atoms with Crippen molar-refractivity contribution in [3.8, 4) is 0 Å². The van der Waals surface area contributed by atoms with Crippen molar-refractivity contribution in [1.29, 1.82) is 0 Å². The number of benzene rings is 3. The van der Waals surface area contributed by atoms with E-state index in [-0.39, 0.29) is 0 Å². The normalized spacial score (nSPS) is 13.4. The van der Waals surface area contributed by atoms with Crippen molar-refractivity contribution in [2.45, 2.75) is 38.6 Å². The van der Waals surface area contributed by atoms with Gasteiger partial charge in [-0.3, -0.25) is 0 Å².